The quantitative estimate of drug-likeness (QED) is 0.778. The molecule has 3 rings (SSSR count). The summed E-state index contributed by atoms with van der Waals surface area (Å²) in [6.07, 6.45) is 4.88. The number of benzene rings is 1. The van der Waals surface area contributed by atoms with Gasteiger partial charge in [0.05, 0.1) is 5.52 Å². The summed E-state index contributed by atoms with van der Waals surface area (Å²) in [5.41, 5.74) is 2.31. The van der Waals surface area contributed by atoms with Crippen LogP contribution in [0.3, 0.4) is 0 Å². The number of fused-ring (bicyclic) bond motifs is 1. The minimum absolute atomic E-state index is 0.813. The zero-order chi connectivity index (χ0) is 13.8. The van der Waals surface area contributed by atoms with E-state index in [0.29, 0.717) is 0 Å². The third kappa shape index (κ3) is 2.86. The molecule has 1 aromatic carbocycles. The SMILES string of the molecule is CCc1cnc(CNCc2cccc3cccnc23)s1. The van der Waals surface area contributed by atoms with Gasteiger partial charge in [0, 0.05) is 35.7 Å². The van der Waals surface area contributed by atoms with Crippen LogP contribution in [-0.2, 0) is 19.5 Å². The molecule has 1 N–H and O–H groups in total. The van der Waals surface area contributed by atoms with E-state index >= 15 is 0 Å². The summed E-state index contributed by atoms with van der Waals surface area (Å²) in [4.78, 5) is 10.2. The lowest BCUT2D eigenvalue weighted by Crippen LogP contribution is -2.12. The molecule has 0 atom stereocenters. The summed E-state index contributed by atoms with van der Waals surface area (Å²) in [6, 6.07) is 10.4. The number of pyridine rings is 1. The van der Waals surface area contributed by atoms with Crippen LogP contribution in [0.5, 0.6) is 0 Å². The number of hydrogen-bond donors (Lipinski definition) is 1. The topological polar surface area (TPSA) is 37.8 Å². The molecule has 0 aliphatic carbocycles. The Morgan fingerprint density at radius 1 is 1.10 bits per heavy atom. The maximum atomic E-state index is 4.47. The van der Waals surface area contributed by atoms with Gasteiger partial charge in [-0.25, -0.2) is 4.98 Å². The first kappa shape index (κ1) is 13.2. The normalized spacial score (nSPS) is 11.1. The molecule has 0 aliphatic heterocycles. The van der Waals surface area contributed by atoms with Crippen molar-refractivity contribution in [2.24, 2.45) is 0 Å². The Morgan fingerprint density at radius 2 is 2.00 bits per heavy atom. The zero-order valence-corrected chi connectivity index (χ0v) is 12.3. The first-order chi connectivity index (χ1) is 9.86. The fourth-order valence-corrected chi connectivity index (χ4v) is 3.04. The van der Waals surface area contributed by atoms with Crippen LogP contribution < -0.4 is 5.32 Å². The van der Waals surface area contributed by atoms with E-state index in [1.54, 1.807) is 11.3 Å². The molecule has 3 nitrogen and oxygen atoms in total. The smallest absolute Gasteiger partial charge is 0.107 e. The molecule has 4 heteroatoms. The van der Waals surface area contributed by atoms with Crippen LogP contribution in [0, 0.1) is 0 Å². The number of hydrogen-bond acceptors (Lipinski definition) is 4. The maximum absolute atomic E-state index is 4.47. The molecule has 3 aromatic rings. The van der Waals surface area contributed by atoms with E-state index in [1.807, 2.05) is 18.5 Å². The molecule has 0 bridgehead atoms. The average molecular weight is 283 g/mol. The summed E-state index contributed by atoms with van der Waals surface area (Å²) in [6.45, 7) is 3.79. The first-order valence-corrected chi connectivity index (χ1v) is 7.65. The first-order valence-electron chi connectivity index (χ1n) is 6.83. The largest absolute Gasteiger partial charge is 0.306 e. The molecule has 0 unspecified atom stereocenters. The summed E-state index contributed by atoms with van der Waals surface area (Å²) in [5.74, 6) is 0. The van der Waals surface area contributed by atoms with Gasteiger partial charge in [0.15, 0.2) is 0 Å². The molecule has 0 saturated carbocycles. The number of para-hydroxylation sites is 1. The van der Waals surface area contributed by atoms with E-state index in [0.717, 1.165) is 30.0 Å². The molecule has 20 heavy (non-hydrogen) atoms. The van der Waals surface area contributed by atoms with Gasteiger partial charge >= 0.3 is 0 Å². The Morgan fingerprint density at radius 3 is 2.85 bits per heavy atom. The lowest BCUT2D eigenvalue weighted by Gasteiger charge is -2.06. The second-order valence-electron chi connectivity index (χ2n) is 4.67. The predicted molar refractivity (Wildman–Crippen MR) is 83.8 cm³/mol. The Labute approximate surface area is 122 Å². The molecule has 0 radical (unpaired) electrons. The number of thiazole rings is 1. The van der Waals surface area contributed by atoms with Crippen LogP contribution in [0.4, 0.5) is 0 Å². The lowest BCUT2D eigenvalue weighted by molar-refractivity contribution is 0.692. The summed E-state index contributed by atoms with van der Waals surface area (Å²) in [7, 11) is 0. The van der Waals surface area contributed by atoms with Crippen molar-refractivity contribution in [3.8, 4) is 0 Å². The molecule has 102 valence electrons. The van der Waals surface area contributed by atoms with Crippen LogP contribution in [0.25, 0.3) is 10.9 Å². The monoisotopic (exact) mass is 283 g/mol. The van der Waals surface area contributed by atoms with Gasteiger partial charge in [-0.1, -0.05) is 31.2 Å². The predicted octanol–water partition coefficient (Wildman–Crippen LogP) is 3.54. The molecule has 0 aliphatic rings. The summed E-state index contributed by atoms with van der Waals surface area (Å²) in [5, 5.41) is 5.79. The van der Waals surface area contributed by atoms with Gasteiger partial charge in [-0.3, -0.25) is 4.98 Å². The molecule has 0 spiro atoms. The van der Waals surface area contributed by atoms with Crippen LogP contribution in [0.15, 0.2) is 42.7 Å². The third-order valence-electron chi connectivity index (χ3n) is 3.26. The number of nitrogens with one attached hydrogen (secondary N) is 1. The van der Waals surface area contributed by atoms with Crippen molar-refractivity contribution >= 4 is 22.2 Å². The highest BCUT2D eigenvalue weighted by molar-refractivity contribution is 7.11. The van der Waals surface area contributed by atoms with E-state index in [-0.39, 0.29) is 0 Å². The van der Waals surface area contributed by atoms with Gasteiger partial charge in [0.2, 0.25) is 0 Å². The zero-order valence-electron chi connectivity index (χ0n) is 11.5. The van der Waals surface area contributed by atoms with Gasteiger partial charge in [-0.05, 0) is 18.1 Å². The van der Waals surface area contributed by atoms with Crippen LogP contribution in [-0.4, -0.2) is 9.97 Å². The van der Waals surface area contributed by atoms with Gasteiger partial charge < -0.3 is 5.32 Å². The van der Waals surface area contributed by atoms with E-state index in [4.69, 9.17) is 0 Å². The average Bonchev–Trinajstić information content (AvgIpc) is 2.95. The van der Waals surface area contributed by atoms with Gasteiger partial charge in [0.25, 0.3) is 0 Å². The van der Waals surface area contributed by atoms with E-state index in [2.05, 4.69) is 46.5 Å². The van der Waals surface area contributed by atoms with Gasteiger partial charge in [0.1, 0.15) is 5.01 Å². The maximum Gasteiger partial charge on any atom is 0.107 e. The highest BCUT2D eigenvalue weighted by Crippen LogP contribution is 2.16. The van der Waals surface area contributed by atoms with Crippen molar-refractivity contribution in [3.63, 3.8) is 0 Å². The van der Waals surface area contributed by atoms with E-state index < -0.39 is 0 Å². The molecular formula is C16H17N3S. The fraction of sp³-hybridized carbons (Fsp3) is 0.250. The van der Waals surface area contributed by atoms with Crippen molar-refractivity contribution in [1.82, 2.24) is 15.3 Å². The number of rotatable bonds is 5. The molecule has 0 amide bonds. The molecule has 0 saturated heterocycles. The molecular weight excluding hydrogens is 266 g/mol. The number of nitrogens with zero attached hydrogens (tertiary/aromatic N) is 2. The fourth-order valence-electron chi connectivity index (χ4n) is 2.21. The van der Waals surface area contributed by atoms with Crippen molar-refractivity contribution in [1.29, 1.82) is 0 Å². The van der Waals surface area contributed by atoms with Crippen LogP contribution in [0.2, 0.25) is 0 Å². The Bertz CT molecular complexity index is 700. The third-order valence-corrected chi connectivity index (χ3v) is 4.40. The van der Waals surface area contributed by atoms with Crippen molar-refractivity contribution in [3.05, 3.63) is 58.2 Å². The second kappa shape index (κ2) is 6.11. The minimum Gasteiger partial charge on any atom is -0.306 e. The standard InChI is InChI=1S/C16H17N3S/c1-2-14-10-19-15(20-14)11-17-9-13-6-3-5-12-7-4-8-18-16(12)13/h3-8,10,17H,2,9,11H2,1H3. The Kier molecular flexibility index (Phi) is 4.04. The van der Waals surface area contributed by atoms with Crippen molar-refractivity contribution in [2.75, 3.05) is 0 Å². The lowest BCUT2D eigenvalue weighted by atomic mass is 10.1. The van der Waals surface area contributed by atoms with E-state index in [1.165, 1.54) is 15.8 Å². The summed E-state index contributed by atoms with van der Waals surface area (Å²) >= 11 is 1.78. The molecule has 2 heterocycles. The highest BCUT2D eigenvalue weighted by atomic mass is 32.1. The van der Waals surface area contributed by atoms with Gasteiger partial charge in [-0.15, -0.1) is 11.3 Å². The number of aryl methyl sites for hydroxylation is 1. The number of aromatic nitrogens is 2. The molecule has 0 fully saturated rings. The Balaban J connectivity index is 1.68. The van der Waals surface area contributed by atoms with Crippen LogP contribution in [0.1, 0.15) is 22.4 Å². The highest BCUT2D eigenvalue weighted by Gasteiger charge is 2.03. The summed E-state index contributed by atoms with van der Waals surface area (Å²) < 4.78 is 0. The van der Waals surface area contributed by atoms with Gasteiger partial charge in [-0.2, -0.15) is 0 Å². The van der Waals surface area contributed by atoms with Crippen molar-refractivity contribution < 1.29 is 0 Å². The van der Waals surface area contributed by atoms with Crippen molar-refractivity contribution in [2.45, 2.75) is 26.4 Å². The van der Waals surface area contributed by atoms with Crippen LogP contribution >= 0.6 is 11.3 Å². The minimum atomic E-state index is 0.813. The Hall–Kier alpha value is -1.78. The van der Waals surface area contributed by atoms with E-state index in [9.17, 15) is 0 Å². The molecule has 2 aromatic heterocycles. The second-order valence-corrected chi connectivity index (χ2v) is 5.87.